The van der Waals surface area contributed by atoms with Crippen LogP contribution in [0.4, 0.5) is 0 Å². The van der Waals surface area contributed by atoms with Crippen molar-refractivity contribution < 1.29 is 9.53 Å². The molecule has 2 rings (SSSR count). The summed E-state index contributed by atoms with van der Waals surface area (Å²) in [6, 6.07) is 7.32. The van der Waals surface area contributed by atoms with Gasteiger partial charge in [-0.25, -0.2) is 9.48 Å². The largest absolute Gasteiger partial charge is 0.462 e. The fourth-order valence-electron chi connectivity index (χ4n) is 1.90. The molecule has 0 unspecified atom stereocenters. The maximum Gasteiger partial charge on any atom is 0.341 e. The molecule has 0 bridgehead atoms. The highest BCUT2D eigenvalue weighted by Gasteiger charge is 2.17. The Kier molecular flexibility index (Phi) is 4.22. The lowest BCUT2D eigenvalue weighted by atomic mass is 10.2. The highest BCUT2D eigenvalue weighted by molar-refractivity contribution is 6.30. The van der Waals surface area contributed by atoms with Crippen LogP contribution in [-0.2, 0) is 11.2 Å². The van der Waals surface area contributed by atoms with E-state index in [9.17, 15) is 4.79 Å². The summed E-state index contributed by atoms with van der Waals surface area (Å²) >= 11 is 5.87. The molecule has 2 aromatic rings. The Hall–Kier alpha value is -1.81. The summed E-state index contributed by atoms with van der Waals surface area (Å²) in [5, 5.41) is 4.93. The van der Waals surface area contributed by atoms with Crippen LogP contribution >= 0.6 is 11.6 Å². The Bertz CT molecular complexity index is 576. The molecular weight excluding hydrogens is 264 g/mol. The van der Waals surface area contributed by atoms with E-state index in [0.29, 0.717) is 23.6 Å². The van der Waals surface area contributed by atoms with Crippen molar-refractivity contribution in [3.05, 3.63) is 46.7 Å². The van der Waals surface area contributed by atoms with E-state index in [4.69, 9.17) is 16.3 Å². The zero-order chi connectivity index (χ0) is 13.8. The van der Waals surface area contributed by atoms with Gasteiger partial charge < -0.3 is 4.74 Å². The van der Waals surface area contributed by atoms with E-state index in [0.717, 1.165) is 11.4 Å². The summed E-state index contributed by atoms with van der Waals surface area (Å²) in [6.45, 7) is 4.12. The van der Waals surface area contributed by atoms with Crippen LogP contribution in [0.15, 0.2) is 30.5 Å². The highest BCUT2D eigenvalue weighted by atomic mass is 35.5. The van der Waals surface area contributed by atoms with Crippen LogP contribution in [0.25, 0.3) is 5.69 Å². The van der Waals surface area contributed by atoms with Gasteiger partial charge in [0.05, 0.1) is 24.2 Å². The Morgan fingerprint density at radius 3 is 2.58 bits per heavy atom. The molecule has 0 N–H and O–H groups in total. The average Bonchev–Trinajstić information content (AvgIpc) is 2.83. The third-order valence-electron chi connectivity index (χ3n) is 2.77. The van der Waals surface area contributed by atoms with Crippen molar-refractivity contribution in [2.75, 3.05) is 6.61 Å². The molecule has 100 valence electrons. The fourth-order valence-corrected chi connectivity index (χ4v) is 2.02. The van der Waals surface area contributed by atoms with E-state index in [1.165, 1.54) is 0 Å². The van der Waals surface area contributed by atoms with E-state index in [1.54, 1.807) is 29.9 Å². The number of carbonyl (C=O) groups is 1. The number of rotatable bonds is 4. The second-order valence-corrected chi connectivity index (χ2v) is 4.40. The van der Waals surface area contributed by atoms with E-state index < -0.39 is 0 Å². The van der Waals surface area contributed by atoms with Crippen molar-refractivity contribution >= 4 is 17.6 Å². The van der Waals surface area contributed by atoms with Gasteiger partial charge in [-0.05, 0) is 37.6 Å². The first-order valence-corrected chi connectivity index (χ1v) is 6.55. The van der Waals surface area contributed by atoms with Crippen molar-refractivity contribution in [3.63, 3.8) is 0 Å². The summed E-state index contributed by atoms with van der Waals surface area (Å²) in [6.07, 6.45) is 2.24. The zero-order valence-electron chi connectivity index (χ0n) is 10.9. The molecule has 0 aliphatic carbocycles. The molecule has 1 aromatic carbocycles. The van der Waals surface area contributed by atoms with Gasteiger partial charge in [-0.15, -0.1) is 0 Å². The molecule has 4 nitrogen and oxygen atoms in total. The van der Waals surface area contributed by atoms with Gasteiger partial charge in [0.15, 0.2) is 0 Å². The van der Waals surface area contributed by atoms with Crippen molar-refractivity contribution in [3.8, 4) is 5.69 Å². The molecule has 5 heteroatoms. The fraction of sp³-hybridized carbons (Fsp3) is 0.286. The molecule has 0 amide bonds. The Morgan fingerprint density at radius 2 is 2.00 bits per heavy atom. The van der Waals surface area contributed by atoms with Crippen LogP contribution in [0.3, 0.4) is 0 Å². The predicted molar refractivity (Wildman–Crippen MR) is 73.9 cm³/mol. The van der Waals surface area contributed by atoms with Gasteiger partial charge in [0, 0.05) is 5.02 Å². The zero-order valence-corrected chi connectivity index (χ0v) is 11.6. The van der Waals surface area contributed by atoms with Crippen LogP contribution in [0.5, 0.6) is 0 Å². The van der Waals surface area contributed by atoms with Gasteiger partial charge >= 0.3 is 5.97 Å². The maximum absolute atomic E-state index is 11.8. The molecule has 19 heavy (non-hydrogen) atoms. The topological polar surface area (TPSA) is 44.1 Å². The van der Waals surface area contributed by atoms with Crippen molar-refractivity contribution in [2.45, 2.75) is 20.3 Å². The van der Waals surface area contributed by atoms with Crippen LogP contribution < -0.4 is 0 Å². The minimum atomic E-state index is -0.334. The average molecular weight is 279 g/mol. The molecule has 0 atom stereocenters. The van der Waals surface area contributed by atoms with Gasteiger partial charge in [0.25, 0.3) is 0 Å². The van der Waals surface area contributed by atoms with Crippen molar-refractivity contribution in [1.82, 2.24) is 9.78 Å². The first kappa shape index (κ1) is 13.6. The summed E-state index contributed by atoms with van der Waals surface area (Å²) in [4.78, 5) is 11.8. The van der Waals surface area contributed by atoms with Gasteiger partial charge in [-0.1, -0.05) is 18.5 Å². The normalized spacial score (nSPS) is 10.5. The number of hydrogen-bond acceptors (Lipinski definition) is 3. The van der Waals surface area contributed by atoms with Gasteiger partial charge in [-0.3, -0.25) is 0 Å². The summed E-state index contributed by atoms with van der Waals surface area (Å²) < 4.78 is 6.76. The number of benzene rings is 1. The Labute approximate surface area is 116 Å². The lowest BCUT2D eigenvalue weighted by Gasteiger charge is -2.07. The molecule has 0 spiro atoms. The highest BCUT2D eigenvalue weighted by Crippen LogP contribution is 2.18. The van der Waals surface area contributed by atoms with Crippen LogP contribution in [0, 0.1) is 0 Å². The molecule has 1 aromatic heterocycles. The molecule has 0 fully saturated rings. The third-order valence-corrected chi connectivity index (χ3v) is 3.02. The summed E-state index contributed by atoms with van der Waals surface area (Å²) in [7, 11) is 0. The molecule has 0 aliphatic heterocycles. The second kappa shape index (κ2) is 5.89. The van der Waals surface area contributed by atoms with Crippen molar-refractivity contribution in [2.24, 2.45) is 0 Å². The second-order valence-electron chi connectivity index (χ2n) is 3.97. The Morgan fingerprint density at radius 1 is 1.32 bits per heavy atom. The molecule has 0 radical (unpaired) electrons. The number of carbonyl (C=O) groups excluding carboxylic acids is 1. The SMILES string of the molecule is CCOC(=O)c1cnn(-c2ccc(Cl)cc2)c1CC. The first-order chi connectivity index (χ1) is 9.17. The van der Waals surface area contributed by atoms with Gasteiger partial charge in [0.1, 0.15) is 5.56 Å². The maximum atomic E-state index is 11.8. The molecule has 0 aliphatic rings. The van der Waals surface area contributed by atoms with E-state index in [1.807, 2.05) is 19.1 Å². The molecule has 1 heterocycles. The number of esters is 1. The summed E-state index contributed by atoms with van der Waals surface area (Å²) in [5.74, 6) is -0.334. The van der Waals surface area contributed by atoms with E-state index >= 15 is 0 Å². The third kappa shape index (κ3) is 2.79. The van der Waals surface area contributed by atoms with Gasteiger partial charge in [0.2, 0.25) is 0 Å². The quantitative estimate of drug-likeness (QED) is 0.806. The minimum Gasteiger partial charge on any atom is -0.462 e. The monoisotopic (exact) mass is 278 g/mol. The van der Waals surface area contributed by atoms with Crippen LogP contribution in [0.2, 0.25) is 5.02 Å². The van der Waals surface area contributed by atoms with E-state index in [-0.39, 0.29) is 5.97 Å². The van der Waals surface area contributed by atoms with Crippen LogP contribution in [-0.4, -0.2) is 22.4 Å². The molecular formula is C14H15ClN2O2. The number of halogens is 1. The van der Waals surface area contributed by atoms with Gasteiger partial charge in [-0.2, -0.15) is 5.10 Å². The lowest BCUT2D eigenvalue weighted by molar-refractivity contribution is 0.0525. The number of ether oxygens (including phenoxy) is 1. The standard InChI is InChI=1S/C14H15ClN2O2/c1-3-13-12(14(18)19-4-2)9-16-17(13)11-7-5-10(15)6-8-11/h5-9H,3-4H2,1-2H3. The smallest absolute Gasteiger partial charge is 0.341 e. The minimum absolute atomic E-state index is 0.334. The number of aromatic nitrogens is 2. The Balaban J connectivity index is 2.42. The van der Waals surface area contributed by atoms with E-state index in [2.05, 4.69) is 5.10 Å². The summed E-state index contributed by atoms with van der Waals surface area (Å²) in [5.41, 5.74) is 2.22. The lowest BCUT2D eigenvalue weighted by Crippen LogP contribution is -2.09. The number of nitrogens with zero attached hydrogens (tertiary/aromatic N) is 2. The molecule has 0 saturated heterocycles. The number of hydrogen-bond donors (Lipinski definition) is 0. The molecule has 0 saturated carbocycles. The predicted octanol–water partition coefficient (Wildman–Crippen LogP) is 3.26. The first-order valence-electron chi connectivity index (χ1n) is 6.17. The van der Waals surface area contributed by atoms with Crippen LogP contribution in [0.1, 0.15) is 29.9 Å². The van der Waals surface area contributed by atoms with Crippen molar-refractivity contribution in [1.29, 1.82) is 0 Å².